The summed E-state index contributed by atoms with van der Waals surface area (Å²) in [6.07, 6.45) is 2.90. The van der Waals surface area contributed by atoms with E-state index in [1.54, 1.807) is 0 Å². The molecule has 0 aliphatic rings. The molecular formula is C12H24O2. The Balaban J connectivity index is 4.25. The fraction of sp³-hybridized carbons (Fsp3) is 0.833. The number of aliphatic hydroxyl groups is 1. The van der Waals surface area contributed by atoms with Gasteiger partial charge in [-0.25, -0.2) is 0 Å². The first kappa shape index (κ1) is 13.7. The highest BCUT2D eigenvalue weighted by Crippen LogP contribution is 2.26. The van der Waals surface area contributed by atoms with E-state index in [9.17, 15) is 5.11 Å². The molecule has 2 unspecified atom stereocenters. The summed E-state index contributed by atoms with van der Waals surface area (Å²) in [5.74, 6) is 0. The van der Waals surface area contributed by atoms with Crippen molar-refractivity contribution in [2.75, 3.05) is 6.61 Å². The highest BCUT2D eigenvalue weighted by Gasteiger charge is 2.31. The van der Waals surface area contributed by atoms with Gasteiger partial charge in [0.15, 0.2) is 0 Å². The number of ether oxygens (including phenoxy) is 1. The number of aliphatic hydroxyl groups excluding tert-OH is 1. The Labute approximate surface area is 88.0 Å². The van der Waals surface area contributed by atoms with Gasteiger partial charge in [0, 0.05) is 6.61 Å². The molecule has 0 aliphatic heterocycles. The summed E-state index contributed by atoms with van der Waals surface area (Å²) in [4.78, 5) is 0. The van der Waals surface area contributed by atoms with Crippen LogP contribution in [-0.4, -0.2) is 23.9 Å². The monoisotopic (exact) mass is 200 g/mol. The van der Waals surface area contributed by atoms with Crippen LogP contribution in [0.5, 0.6) is 0 Å². The summed E-state index contributed by atoms with van der Waals surface area (Å²) in [6, 6.07) is 0. The van der Waals surface area contributed by atoms with Crippen molar-refractivity contribution in [3.05, 3.63) is 12.7 Å². The summed E-state index contributed by atoms with van der Waals surface area (Å²) >= 11 is 0. The molecule has 0 radical (unpaired) electrons. The smallest absolute Gasteiger partial charge is 0.0881 e. The maximum Gasteiger partial charge on any atom is 0.0881 e. The lowest BCUT2D eigenvalue weighted by Crippen LogP contribution is -2.40. The van der Waals surface area contributed by atoms with Crippen LogP contribution < -0.4 is 0 Å². The van der Waals surface area contributed by atoms with Gasteiger partial charge in [0.05, 0.1) is 12.2 Å². The second-order valence-corrected chi connectivity index (χ2v) is 4.68. The van der Waals surface area contributed by atoms with E-state index in [4.69, 9.17) is 4.74 Å². The Morgan fingerprint density at radius 2 is 2.00 bits per heavy atom. The minimum atomic E-state index is -0.395. The first-order chi connectivity index (χ1) is 6.43. The fourth-order valence-electron chi connectivity index (χ4n) is 1.56. The van der Waals surface area contributed by atoms with Crippen molar-refractivity contribution in [1.82, 2.24) is 0 Å². The number of allylic oxidation sites excluding steroid dienone is 1. The van der Waals surface area contributed by atoms with Gasteiger partial charge in [0.25, 0.3) is 0 Å². The lowest BCUT2D eigenvalue weighted by molar-refractivity contribution is -0.0898. The molecule has 0 bridgehead atoms. The van der Waals surface area contributed by atoms with Gasteiger partial charge in [-0.05, 0) is 25.2 Å². The summed E-state index contributed by atoms with van der Waals surface area (Å²) in [7, 11) is 0. The summed E-state index contributed by atoms with van der Waals surface area (Å²) < 4.78 is 5.58. The van der Waals surface area contributed by atoms with E-state index in [2.05, 4.69) is 27.4 Å². The van der Waals surface area contributed by atoms with E-state index in [0.29, 0.717) is 6.61 Å². The molecule has 0 rings (SSSR count). The predicted molar refractivity (Wildman–Crippen MR) is 60.3 cm³/mol. The first-order valence-electron chi connectivity index (χ1n) is 5.34. The molecule has 0 heterocycles. The molecule has 0 amide bonds. The van der Waals surface area contributed by atoms with Crippen LogP contribution in [0, 0.1) is 5.41 Å². The van der Waals surface area contributed by atoms with Crippen molar-refractivity contribution in [3.8, 4) is 0 Å². The van der Waals surface area contributed by atoms with Gasteiger partial charge in [-0.1, -0.05) is 26.8 Å². The third-order valence-electron chi connectivity index (χ3n) is 2.22. The van der Waals surface area contributed by atoms with Gasteiger partial charge >= 0.3 is 0 Å². The highest BCUT2D eigenvalue weighted by atomic mass is 16.5. The zero-order chi connectivity index (χ0) is 11.2. The molecule has 0 saturated heterocycles. The molecule has 0 fully saturated rings. The molecule has 0 aliphatic carbocycles. The molecule has 14 heavy (non-hydrogen) atoms. The van der Waals surface area contributed by atoms with E-state index < -0.39 is 6.10 Å². The third kappa shape index (κ3) is 4.77. The van der Waals surface area contributed by atoms with E-state index >= 15 is 0 Å². The van der Waals surface area contributed by atoms with Crippen LogP contribution in [0.25, 0.3) is 0 Å². The van der Waals surface area contributed by atoms with Gasteiger partial charge in [0.1, 0.15) is 0 Å². The minimum Gasteiger partial charge on any atom is -0.390 e. The van der Waals surface area contributed by atoms with Crippen molar-refractivity contribution in [3.63, 3.8) is 0 Å². The van der Waals surface area contributed by atoms with Gasteiger partial charge in [-0.15, -0.1) is 6.58 Å². The average Bonchev–Trinajstić information content (AvgIpc) is 2.08. The van der Waals surface area contributed by atoms with Crippen LogP contribution in [0.1, 0.15) is 40.5 Å². The molecule has 2 atom stereocenters. The summed E-state index contributed by atoms with van der Waals surface area (Å²) in [5.41, 5.74) is -0.0173. The molecule has 0 aromatic rings. The molecule has 1 N–H and O–H groups in total. The number of hydrogen-bond donors (Lipinski definition) is 1. The Kier molecular flexibility index (Phi) is 6.05. The lowest BCUT2D eigenvalue weighted by Gasteiger charge is -2.34. The van der Waals surface area contributed by atoms with Crippen LogP contribution in [0.3, 0.4) is 0 Å². The molecule has 2 heteroatoms. The molecule has 2 nitrogen and oxygen atoms in total. The van der Waals surface area contributed by atoms with Gasteiger partial charge in [-0.3, -0.25) is 0 Å². The van der Waals surface area contributed by atoms with E-state index in [1.807, 2.05) is 13.0 Å². The quantitative estimate of drug-likeness (QED) is 0.668. The van der Waals surface area contributed by atoms with Crippen LogP contribution in [0.15, 0.2) is 12.7 Å². The highest BCUT2D eigenvalue weighted by molar-refractivity contribution is 4.83. The zero-order valence-corrected chi connectivity index (χ0v) is 9.92. The molecular weight excluding hydrogens is 176 g/mol. The maximum atomic E-state index is 9.93. The van der Waals surface area contributed by atoms with Crippen LogP contribution in [0.2, 0.25) is 0 Å². The molecule has 0 aromatic heterocycles. The molecule has 84 valence electrons. The molecule has 0 aromatic carbocycles. The van der Waals surface area contributed by atoms with Gasteiger partial charge < -0.3 is 9.84 Å². The van der Waals surface area contributed by atoms with Crippen molar-refractivity contribution in [2.45, 2.75) is 52.7 Å². The first-order valence-corrected chi connectivity index (χ1v) is 5.34. The second kappa shape index (κ2) is 6.20. The SMILES string of the molecule is C=CCCC(O)C(OCC)C(C)(C)C. The van der Waals surface area contributed by atoms with Gasteiger partial charge in [-0.2, -0.15) is 0 Å². The Morgan fingerprint density at radius 3 is 2.36 bits per heavy atom. The predicted octanol–water partition coefficient (Wildman–Crippen LogP) is 2.76. The zero-order valence-electron chi connectivity index (χ0n) is 9.92. The lowest BCUT2D eigenvalue weighted by atomic mass is 9.84. The van der Waals surface area contributed by atoms with Gasteiger partial charge in [0.2, 0.25) is 0 Å². The van der Waals surface area contributed by atoms with Crippen LogP contribution >= 0.6 is 0 Å². The maximum absolute atomic E-state index is 9.93. The third-order valence-corrected chi connectivity index (χ3v) is 2.22. The summed E-state index contributed by atoms with van der Waals surface area (Å²) in [6.45, 7) is 12.5. The van der Waals surface area contributed by atoms with Crippen molar-refractivity contribution < 1.29 is 9.84 Å². The van der Waals surface area contributed by atoms with E-state index in [-0.39, 0.29) is 11.5 Å². The molecule has 0 spiro atoms. The Bertz CT molecular complexity index is 158. The van der Waals surface area contributed by atoms with Crippen molar-refractivity contribution in [1.29, 1.82) is 0 Å². The topological polar surface area (TPSA) is 29.5 Å². The normalized spacial score (nSPS) is 16.4. The van der Waals surface area contributed by atoms with E-state index in [0.717, 1.165) is 12.8 Å². The van der Waals surface area contributed by atoms with Crippen LogP contribution in [-0.2, 0) is 4.74 Å². The Hall–Kier alpha value is -0.340. The van der Waals surface area contributed by atoms with Crippen molar-refractivity contribution >= 4 is 0 Å². The van der Waals surface area contributed by atoms with Crippen molar-refractivity contribution in [2.24, 2.45) is 5.41 Å². The largest absolute Gasteiger partial charge is 0.390 e. The molecule has 0 saturated carbocycles. The average molecular weight is 200 g/mol. The van der Waals surface area contributed by atoms with Crippen LogP contribution in [0.4, 0.5) is 0 Å². The number of rotatable bonds is 6. The standard InChI is InChI=1S/C12H24O2/c1-6-8-9-10(13)11(14-7-2)12(3,4)5/h6,10-11,13H,1,7-9H2,2-5H3. The fourth-order valence-corrected chi connectivity index (χ4v) is 1.56. The Morgan fingerprint density at radius 1 is 1.43 bits per heavy atom. The summed E-state index contributed by atoms with van der Waals surface area (Å²) in [5, 5.41) is 9.93. The second-order valence-electron chi connectivity index (χ2n) is 4.68. The number of hydrogen-bond acceptors (Lipinski definition) is 2. The van der Waals surface area contributed by atoms with E-state index in [1.165, 1.54) is 0 Å². The minimum absolute atomic E-state index is 0.0173.